The zero-order valence-corrected chi connectivity index (χ0v) is 50.1. The fraction of sp³-hybridized carbons (Fsp3) is 0. The monoisotopic (exact) mass is 1180 g/mol. The van der Waals surface area contributed by atoms with E-state index in [9.17, 15) is 0 Å². The summed E-state index contributed by atoms with van der Waals surface area (Å²) in [5, 5.41) is 6.28. The van der Waals surface area contributed by atoms with Crippen LogP contribution in [0.2, 0.25) is 0 Å². The molecule has 0 unspecified atom stereocenters. The smallest absolute Gasteiger partial charge is 0.264 e. The molecule has 424 valence electrons. The van der Waals surface area contributed by atoms with E-state index < -0.39 is 0 Å². The van der Waals surface area contributed by atoms with Crippen molar-refractivity contribution in [2.24, 2.45) is 0 Å². The predicted molar refractivity (Wildman–Crippen MR) is 386 cm³/mol. The third-order valence-electron chi connectivity index (χ3n) is 18.9. The van der Waals surface area contributed by atoms with Crippen molar-refractivity contribution >= 4 is 174 Å². The number of nitrogens with zero attached hydrogens (tertiary/aromatic N) is 5. The number of fused-ring (bicyclic) bond motifs is 15. The number of para-hydroxylation sites is 8. The van der Waals surface area contributed by atoms with Gasteiger partial charge in [-0.2, -0.15) is 0 Å². The van der Waals surface area contributed by atoms with E-state index in [-0.39, 0.29) is 13.4 Å². The summed E-state index contributed by atoms with van der Waals surface area (Å²) in [5.74, 6) is 1.66. The maximum atomic E-state index is 7.80. The molecule has 5 heterocycles. The minimum atomic E-state index is -0.209. The Labute approximate surface area is 532 Å². The van der Waals surface area contributed by atoms with Crippen LogP contribution in [0.3, 0.4) is 0 Å². The summed E-state index contributed by atoms with van der Waals surface area (Å²) in [4.78, 5) is 12.4. The second kappa shape index (κ2) is 20.5. The van der Waals surface area contributed by atoms with Crippen LogP contribution in [0, 0.1) is 0 Å². The van der Waals surface area contributed by atoms with Crippen molar-refractivity contribution in [3.8, 4) is 11.5 Å². The van der Waals surface area contributed by atoms with E-state index in [2.05, 4.69) is 346 Å². The number of hydrogen-bond acceptors (Lipinski definition) is 7. The Morgan fingerprint density at radius 1 is 0.286 bits per heavy atom. The van der Waals surface area contributed by atoms with Gasteiger partial charge in [-0.3, -0.25) is 0 Å². The van der Waals surface area contributed by atoms with Gasteiger partial charge in [0.15, 0.2) is 0 Å². The molecule has 91 heavy (non-hydrogen) atoms. The molecular formula is C82H53B2N5OS. The molecule has 4 aliphatic rings. The Morgan fingerprint density at radius 2 is 0.703 bits per heavy atom. The Hall–Kier alpha value is -11.5. The van der Waals surface area contributed by atoms with Gasteiger partial charge >= 0.3 is 0 Å². The average Bonchev–Trinajstić information content (AvgIpc) is 1.67. The molecule has 19 rings (SSSR count). The van der Waals surface area contributed by atoms with Crippen molar-refractivity contribution in [1.82, 2.24) is 0 Å². The lowest BCUT2D eigenvalue weighted by Gasteiger charge is -2.45. The first-order valence-corrected chi connectivity index (χ1v) is 32.0. The highest BCUT2D eigenvalue weighted by Gasteiger charge is 2.49. The third kappa shape index (κ3) is 7.87. The number of anilines is 15. The molecule has 4 aliphatic heterocycles. The molecule has 0 spiro atoms. The van der Waals surface area contributed by atoms with Gasteiger partial charge in [0, 0.05) is 101 Å². The molecule has 6 nitrogen and oxygen atoms in total. The van der Waals surface area contributed by atoms with Crippen LogP contribution >= 0.6 is 11.3 Å². The first-order valence-electron chi connectivity index (χ1n) is 31.2. The molecular weight excluding hydrogens is 1120 g/mol. The van der Waals surface area contributed by atoms with Crippen LogP contribution in [-0.4, -0.2) is 13.4 Å². The first kappa shape index (κ1) is 51.5. The van der Waals surface area contributed by atoms with E-state index in [1.807, 2.05) is 11.3 Å². The van der Waals surface area contributed by atoms with Crippen molar-refractivity contribution in [2.75, 3.05) is 24.5 Å². The van der Waals surface area contributed by atoms with Crippen LogP contribution in [0.4, 0.5) is 85.3 Å². The number of ether oxygens (including phenoxy) is 1. The fourth-order valence-corrected chi connectivity index (χ4v) is 16.7. The molecule has 14 aromatic carbocycles. The van der Waals surface area contributed by atoms with Crippen LogP contribution in [-0.2, 0) is 0 Å². The van der Waals surface area contributed by atoms with Gasteiger partial charge < -0.3 is 29.2 Å². The summed E-state index contributed by atoms with van der Waals surface area (Å²) in [5.41, 5.74) is 22.3. The Bertz CT molecular complexity index is 5290. The van der Waals surface area contributed by atoms with Crippen LogP contribution in [0.5, 0.6) is 11.5 Å². The summed E-state index contributed by atoms with van der Waals surface area (Å²) in [6.07, 6.45) is 0. The lowest BCUT2D eigenvalue weighted by atomic mass is 9.31. The zero-order chi connectivity index (χ0) is 59.7. The number of benzene rings is 14. The van der Waals surface area contributed by atoms with E-state index >= 15 is 0 Å². The minimum Gasteiger partial charge on any atom is -0.458 e. The highest BCUT2D eigenvalue weighted by atomic mass is 32.1. The SMILES string of the molecule is c1ccc(N(c2ccccc2)c2cc3c4c(c2)N(c2ccccc2)c2ccccc2B4c2cc4c(cc2O3)N(c2ccccc2)c2cc(N(c3ccccc3)c3ccccc3)cc3c2B4c2sc4c5ccccc5c5ccccc5c4c2N3c2ccccc2)cc1. The van der Waals surface area contributed by atoms with E-state index in [1.54, 1.807) is 0 Å². The van der Waals surface area contributed by atoms with Crippen molar-refractivity contribution < 1.29 is 4.74 Å². The topological polar surface area (TPSA) is 25.4 Å². The summed E-state index contributed by atoms with van der Waals surface area (Å²) < 4.78 is 10.4. The number of rotatable bonds is 9. The molecule has 0 aliphatic carbocycles. The summed E-state index contributed by atoms with van der Waals surface area (Å²) in [7, 11) is 0. The molecule has 0 fully saturated rings. The van der Waals surface area contributed by atoms with Crippen molar-refractivity contribution in [3.05, 3.63) is 322 Å². The normalized spacial score (nSPS) is 13.0. The molecule has 15 aromatic rings. The standard InChI is InChI=1S/C82H53B2N5OS/c1-8-28-54(29-9-1)85(55-30-10-2-11-31-55)61-48-72-78-73(49-61)89(60-40-20-7-21-41-60)80-77-65-44-24-22-42-63(65)64-43-23-25-45-66(64)81(77)91-82(80)84(78)68-52-69-75(53-71(68)88(72)59-38-18-6-19-39-59)90-76-51-62(86(56-32-12-3-13-33-56)57-34-14-4-15-35-57)50-74-79(76)83(69)67-46-26-27-47-70(67)87(74)58-36-16-5-17-37-58/h1-53H. The molecule has 1 aromatic heterocycles. The second-order valence-electron chi connectivity index (χ2n) is 23.9. The summed E-state index contributed by atoms with van der Waals surface area (Å²) in [6, 6.07) is 118. The Kier molecular flexibility index (Phi) is 11.6. The van der Waals surface area contributed by atoms with E-state index in [0.29, 0.717) is 0 Å². The van der Waals surface area contributed by atoms with Crippen LogP contribution in [0.25, 0.3) is 31.6 Å². The maximum absolute atomic E-state index is 7.80. The van der Waals surface area contributed by atoms with E-state index in [0.717, 1.165) is 102 Å². The molecule has 0 saturated carbocycles. The lowest BCUT2D eigenvalue weighted by Crippen LogP contribution is -2.64. The van der Waals surface area contributed by atoms with Crippen molar-refractivity contribution in [1.29, 1.82) is 0 Å². The van der Waals surface area contributed by atoms with Gasteiger partial charge in [0.25, 0.3) is 13.4 Å². The lowest BCUT2D eigenvalue weighted by molar-refractivity contribution is 0.488. The van der Waals surface area contributed by atoms with E-state index in [1.165, 1.54) is 58.5 Å². The van der Waals surface area contributed by atoms with Gasteiger partial charge in [0.1, 0.15) is 11.5 Å². The molecule has 0 amide bonds. The van der Waals surface area contributed by atoms with Crippen LogP contribution in [0.1, 0.15) is 0 Å². The molecule has 0 N–H and O–H groups in total. The first-order chi connectivity index (χ1) is 45.2. The third-order valence-corrected chi connectivity index (χ3v) is 20.2. The molecule has 0 radical (unpaired) electrons. The van der Waals surface area contributed by atoms with Gasteiger partial charge in [-0.25, -0.2) is 0 Å². The van der Waals surface area contributed by atoms with Crippen LogP contribution in [0.15, 0.2) is 322 Å². The van der Waals surface area contributed by atoms with Gasteiger partial charge in [-0.05, 0) is 153 Å². The number of hydrogen-bond donors (Lipinski definition) is 0. The number of thiophene rings is 1. The Balaban J connectivity index is 0.937. The molecule has 0 bridgehead atoms. The predicted octanol–water partition coefficient (Wildman–Crippen LogP) is 18.6. The zero-order valence-electron chi connectivity index (χ0n) is 49.3. The highest BCUT2D eigenvalue weighted by molar-refractivity contribution is 7.34. The largest absolute Gasteiger partial charge is 0.458 e. The van der Waals surface area contributed by atoms with Crippen LogP contribution < -0.4 is 61.3 Å². The molecule has 0 atom stereocenters. The fourth-order valence-electron chi connectivity index (χ4n) is 15.3. The highest BCUT2D eigenvalue weighted by Crippen LogP contribution is 2.54. The minimum absolute atomic E-state index is 0.191. The quantitative estimate of drug-likeness (QED) is 0.106. The summed E-state index contributed by atoms with van der Waals surface area (Å²) in [6.45, 7) is -0.400. The van der Waals surface area contributed by atoms with E-state index in [4.69, 9.17) is 4.74 Å². The van der Waals surface area contributed by atoms with Gasteiger partial charge in [0.2, 0.25) is 0 Å². The average molecular weight is 1180 g/mol. The maximum Gasteiger partial charge on any atom is 0.264 e. The van der Waals surface area contributed by atoms with Crippen molar-refractivity contribution in [3.63, 3.8) is 0 Å². The van der Waals surface area contributed by atoms with Gasteiger partial charge in [0.05, 0.1) is 17.1 Å². The summed E-state index contributed by atoms with van der Waals surface area (Å²) >= 11 is 1.97. The van der Waals surface area contributed by atoms with Crippen molar-refractivity contribution in [2.45, 2.75) is 0 Å². The van der Waals surface area contributed by atoms with Gasteiger partial charge in [-0.1, -0.05) is 200 Å². The molecule has 9 heteroatoms. The molecule has 0 saturated heterocycles. The second-order valence-corrected chi connectivity index (χ2v) is 24.9. The Morgan fingerprint density at radius 3 is 1.25 bits per heavy atom. The van der Waals surface area contributed by atoms with Gasteiger partial charge in [-0.15, -0.1) is 11.3 Å².